The van der Waals surface area contributed by atoms with Gasteiger partial charge >= 0.3 is 0 Å². The Kier molecular flexibility index (Phi) is 16.7. The minimum atomic E-state index is -1.52. The molecule has 18 heteroatoms. The van der Waals surface area contributed by atoms with Crippen molar-refractivity contribution in [1.29, 1.82) is 0 Å². The lowest BCUT2D eigenvalue weighted by molar-refractivity contribution is 0.308. The molecule has 3 unspecified atom stereocenters. The molecule has 370 valence electrons. The number of hydrogen-bond acceptors (Lipinski definition) is 6. The number of benzene rings is 6. The fourth-order valence-corrected chi connectivity index (χ4v) is 13.3. The second-order valence-corrected chi connectivity index (χ2v) is 22.0. The monoisotopic (exact) mass is 1180 g/mol. The van der Waals surface area contributed by atoms with Crippen LogP contribution in [0.3, 0.4) is 0 Å². The van der Waals surface area contributed by atoms with Crippen LogP contribution in [0.2, 0.25) is 60.3 Å². The second-order valence-electron chi connectivity index (χ2n) is 17.1. The van der Waals surface area contributed by atoms with E-state index in [0.29, 0.717) is 89.7 Å². The Morgan fingerprint density at radius 3 is 0.901 bits per heavy atom. The summed E-state index contributed by atoms with van der Waals surface area (Å²) in [5.41, 5.74) is 6.44. The average molecular weight is 1190 g/mol. The molecule has 6 aromatic rings. The van der Waals surface area contributed by atoms with Gasteiger partial charge in [0.05, 0.1) is 113 Å². The lowest BCUT2D eigenvalue weighted by Gasteiger charge is -2.68. The Bertz CT molecular complexity index is 2860. The predicted molar refractivity (Wildman–Crippen MR) is 311 cm³/mol. The first-order chi connectivity index (χ1) is 33.7. The van der Waals surface area contributed by atoms with E-state index >= 15 is 0 Å². The fraction of sp³-hybridized carbons (Fsp3) is 0.208. The zero-order valence-corrected chi connectivity index (χ0v) is 47.9. The molecule has 6 aromatic carbocycles. The Morgan fingerprint density at radius 2 is 0.592 bits per heavy atom. The van der Waals surface area contributed by atoms with Crippen LogP contribution >= 0.6 is 139 Å². The minimum absolute atomic E-state index is 0.139. The summed E-state index contributed by atoms with van der Waals surface area (Å²) in [5, 5.41) is 5.72. The summed E-state index contributed by atoms with van der Waals surface area (Å²) in [6.07, 6.45) is 6.34. The molecule has 9 rings (SSSR count). The van der Waals surface area contributed by atoms with E-state index in [-0.39, 0.29) is 18.1 Å². The molecule has 1 spiro atoms. The molecule has 0 bridgehead atoms. The van der Waals surface area contributed by atoms with Crippen molar-refractivity contribution < 1.29 is 0 Å². The summed E-state index contributed by atoms with van der Waals surface area (Å²) < 4.78 is 0. The first kappa shape index (κ1) is 54.1. The van der Waals surface area contributed by atoms with Crippen molar-refractivity contribution in [2.75, 3.05) is 36.1 Å². The molecule has 0 saturated heterocycles. The fourth-order valence-electron chi connectivity index (χ4n) is 9.82. The topological polar surface area (TPSA) is 19.4 Å². The van der Waals surface area contributed by atoms with E-state index < -0.39 is 5.91 Å². The normalized spacial score (nSPS) is 20.2. The smallest absolute Gasteiger partial charge is 0.287 e. The Labute approximate surface area is 475 Å². The molecule has 0 N–H and O–H groups in total. The van der Waals surface area contributed by atoms with Gasteiger partial charge in [0, 0.05) is 23.1 Å². The number of anilines is 6. The van der Waals surface area contributed by atoms with Crippen LogP contribution in [0, 0.1) is 0 Å². The summed E-state index contributed by atoms with van der Waals surface area (Å²) in [6.45, 7) is 12.8. The molecular weight excluding hydrogens is 1150 g/mol. The van der Waals surface area contributed by atoms with Crippen LogP contribution in [-0.4, -0.2) is 30.7 Å². The van der Waals surface area contributed by atoms with Crippen molar-refractivity contribution in [2.24, 2.45) is 0 Å². The molecule has 0 aromatic heterocycles. The van der Waals surface area contributed by atoms with Crippen LogP contribution in [0.5, 0.6) is 0 Å². The lowest BCUT2D eigenvalue weighted by atomic mass is 9.97. The summed E-state index contributed by atoms with van der Waals surface area (Å²) in [6, 6.07) is 32.1. The highest BCUT2D eigenvalue weighted by Crippen LogP contribution is 2.58. The number of rotatable bonds is 6. The lowest BCUT2D eigenvalue weighted by Crippen LogP contribution is -2.84. The molecule has 0 amide bonds. The van der Waals surface area contributed by atoms with E-state index in [2.05, 4.69) is 68.4 Å². The molecule has 0 fully saturated rings. The number of para-hydroxylation sites is 6. The van der Waals surface area contributed by atoms with Gasteiger partial charge in [-0.2, -0.15) is 0 Å². The molecular formula is C53H44Cl12N6. The van der Waals surface area contributed by atoms with Crippen molar-refractivity contribution in [3.05, 3.63) is 205 Å². The van der Waals surface area contributed by atoms with Gasteiger partial charge in [-0.1, -0.05) is 176 Å². The molecule has 3 aliphatic rings. The van der Waals surface area contributed by atoms with Crippen LogP contribution in [0.25, 0.3) is 0 Å². The van der Waals surface area contributed by atoms with Crippen molar-refractivity contribution in [2.45, 2.75) is 65.6 Å². The third kappa shape index (κ3) is 9.85. The maximum Gasteiger partial charge on any atom is 0.287 e. The van der Waals surface area contributed by atoms with Crippen molar-refractivity contribution >= 4 is 173 Å². The van der Waals surface area contributed by atoms with Gasteiger partial charge in [-0.3, -0.25) is 9.80 Å². The number of hydrogen-bond donors (Lipinski definition) is 0. The Balaban J connectivity index is 0.000000236. The maximum atomic E-state index is 7.14. The number of allylic oxidation sites excluding steroid dienone is 3. The minimum Gasteiger partial charge on any atom is -0.345 e. The Hall–Kier alpha value is -3.18. The van der Waals surface area contributed by atoms with Crippen molar-refractivity contribution in [1.82, 2.24) is 0 Å². The van der Waals surface area contributed by atoms with Gasteiger partial charge in [0.2, 0.25) is 0 Å². The SMILES string of the molecule is CC1=CC(C)N(c2c(Cl)cccc2Cl)C2(N1c1c(Cl)cccc1Cl)N(c1c(Cl)cccc1Cl)C(C)=CC(C)N2c1c(Cl)cccc1Cl.CC1=CC(C)N(c2c(Cl)cccc2Cl)CN1c1c(Cl)cccc1Cl. The standard InChI is InChI=1S/C35H28Cl8N4.C18H16Cl4N2/c1-19-17-20(2)45(32-25(38)11-6-12-26(32)39)35(44(19)31-23(36)9-5-10-24(31)37)46(33-27(40)13-7-14-28(33)41)21(3)18-22(4)47(35)34-29(42)15-8-16-30(34)43;1-11-9-12(2)24(18-15(21)7-4-8-16(18)22)10-23(11)17-13(19)5-3-6-14(17)20/h5-19,21H,1-4H3;3-9,11H,10H2,1-2H3. The molecule has 3 heterocycles. The van der Waals surface area contributed by atoms with Crippen LogP contribution in [0.1, 0.15) is 41.5 Å². The van der Waals surface area contributed by atoms with Gasteiger partial charge in [-0.15, -0.1) is 0 Å². The summed E-state index contributed by atoms with van der Waals surface area (Å²) in [4.78, 5) is 12.6. The zero-order chi connectivity index (χ0) is 51.4. The second kappa shape index (κ2) is 22.0. The van der Waals surface area contributed by atoms with E-state index in [9.17, 15) is 0 Å². The van der Waals surface area contributed by atoms with E-state index in [1.807, 2.05) is 57.2 Å². The highest BCUT2D eigenvalue weighted by molar-refractivity contribution is 6.43. The van der Waals surface area contributed by atoms with Gasteiger partial charge in [0.1, 0.15) is 0 Å². The third-order valence-corrected chi connectivity index (χ3v) is 16.2. The maximum absolute atomic E-state index is 7.14. The van der Waals surface area contributed by atoms with E-state index in [0.717, 1.165) is 28.5 Å². The molecule has 0 saturated carbocycles. The highest BCUT2D eigenvalue weighted by Gasteiger charge is 2.62. The quantitative estimate of drug-likeness (QED) is 0.164. The van der Waals surface area contributed by atoms with Gasteiger partial charge in [-0.25, -0.2) is 0 Å². The number of halogens is 12. The molecule has 0 radical (unpaired) electrons. The van der Waals surface area contributed by atoms with Crippen LogP contribution < -0.4 is 29.4 Å². The van der Waals surface area contributed by atoms with E-state index in [4.69, 9.17) is 139 Å². The number of nitrogens with zero attached hydrogens (tertiary/aromatic N) is 6. The van der Waals surface area contributed by atoms with Gasteiger partial charge in [0.15, 0.2) is 0 Å². The zero-order valence-electron chi connectivity index (χ0n) is 38.8. The van der Waals surface area contributed by atoms with Gasteiger partial charge in [-0.05, 0) is 133 Å². The summed E-state index contributed by atoms with van der Waals surface area (Å²) in [5.74, 6) is -1.52. The van der Waals surface area contributed by atoms with E-state index in [1.165, 1.54) is 0 Å². The molecule has 71 heavy (non-hydrogen) atoms. The van der Waals surface area contributed by atoms with Crippen molar-refractivity contribution in [3.8, 4) is 0 Å². The molecule has 0 aliphatic carbocycles. The third-order valence-electron chi connectivity index (χ3n) is 12.5. The van der Waals surface area contributed by atoms with Gasteiger partial charge in [0.25, 0.3) is 5.91 Å². The van der Waals surface area contributed by atoms with Crippen LogP contribution in [0.15, 0.2) is 145 Å². The van der Waals surface area contributed by atoms with Crippen LogP contribution in [-0.2, 0) is 0 Å². The first-order valence-corrected chi connectivity index (χ1v) is 26.7. The average Bonchev–Trinajstić information content (AvgIpc) is 3.28. The summed E-state index contributed by atoms with van der Waals surface area (Å²) in [7, 11) is 0. The first-order valence-electron chi connectivity index (χ1n) is 22.1. The van der Waals surface area contributed by atoms with E-state index in [1.54, 1.807) is 72.8 Å². The van der Waals surface area contributed by atoms with Crippen LogP contribution in [0.4, 0.5) is 34.1 Å². The molecule has 3 aliphatic heterocycles. The van der Waals surface area contributed by atoms with Crippen molar-refractivity contribution in [3.63, 3.8) is 0 Å². The largest absolute Gasteiger partial charge is 0.345 e. The Morgan fingerprint density at radius 1 is 0.338 bits per heavy atom. The predicted octanol–water partition coefficient (Wildman–Crippen LogP) is 20.3. The van der Waals surface area contributed by atoms with Gasteiger partial charge < -0.3 is 19.6 Å². The molecule has 3 atom stereocenters. The summed E-state index contributed by atoms with van der Waals surface area (Å²) >= 11 is 82.7. The molecule has 6 nitrogen and oxygen atoms in total. The highest BCUT2D eigenvalue weighted by atomic mass is 35.5.